The number of carbonyl (C=O) groups is 1. The van der Waals surface area contributed by atoms with Crippen LogP contribution < -0.4 is 5.56 Å². The molecule has 0 amide bonds. The van der Waals surface area contributed by atoms with Crippen LogP contribution in [0.5, 0.6) is 5.75 Å². The van der Waals surface area contributed by atoms with Gasteiger partial charge in [-0.15, -0.1) is 0 Å². The molecule has 0 radical (unpaired) electrons. The van der Waals surface area contributed by atoms with Crippen molar-refractivity contribution in [2.24, 2.45) is 7.05 Å². The molecule has 5 aromatic rings. The van der Waals surface area contributed by atoms with Gasteiger partial charge in [0.15, 0.2) is 0 Å². The number of aromatic nitrogens is 2. The number of aryl methyl sites for hydroxylation is 2. The van der Waals surface area contributed by atoms with Crippen LogP contribution in [-0.4, -0.2) is 26.8 Å². The molecular weight excluding hydrogens is 464 g/mol. The summed E-state index contributed by atoms with van der Waals surface area (Å²) >= 11 is 0. The van der Waals surface area contributed by atoms with Gasteiger partial charge in [0, 0.05) is 35.8 Å². The summed E-state index contributed by atoms with van der Waals surface area (Å²) in [4.78, 5) is 26.8. The van der Waals surface area contributed by atoms with E-state index in [9.17, 15) is 14.7 Å². The molecule has 1 atom stereocenters. The molecular formula is C31H28N2O4. The number of carbonyl (C=O) groups excluding carboxylic acids is 1. The zero-order valence-electron chi connectivity index (χ0n) is 21.0. The van der Waals surface area contributed by atoms with Crippen molar-refractivity contribution in [2.45, 2.75) is 19.8 Å². The largest absolute Gasteiger partial charge is 0.508 e. The molecule has 0 fully saturated rings. The zero-order chi connectivity index (χ0) is 26.1. The van der Waals surface area contributed by atoms with Gasteiger partial charge in [-0.05, 0) is 49.2 Å². The van der Waals surface area contributed by atoms with E-state index in [0.29, 0.717) is 22.2 Å². The minimum Gasteiger partial charge on any atom is -0.508 e. The summed E-state index contributed by atoms with van der Waals surface area (Å²) in [5.74, 6) is -0.742. The Labute approximate surface area is 215 Å². The van der Waals surface area contributed by atoms with Crippen LogP contribution in [0.25, 0.3) is 16.6 Å². The Bertz CT molecular complexity index is 1650. The number of pyridine rings is 1. The van der Waals surface area contributed by atoms with Crippen molar-refractivity contribution in [1.82, 2.24) is 9.13 Å². The number of nitrogens with zero attached hydrogens (tertiary/aromatic N) is 2. The number of phenols is 1. The number of ether oxygens (including phenoxy) is 1. The molecule has 37 heavy (non-hydrogen) atoms. The van der Waals surface area contributed by atoms with E-state index in [4.69, 9.17) is 4.74 Å². The Morgan fingerprint density at radius 2 is 1.62 bits per heavy atom. The fraction of sp³-hybridized carbons (Fsp3) is 0.161. The first-order valence-corrected chi connectivity index (χ1v) is 12.2. The van der Waals surface area contributed by atoms with Gasteiger partial charge < -0.3 is 14.4 Å². The van der Waals surface area contributed by atoms with Crippen molar-refractivity contribution in [1.29, 1.82) is 0 Å². The van der Waals surface area contributed by atoms with Crippen molar-refractivity contribution < 1.29 is 14.6 Å². The molecule has 2 aromatic heterocycles. The lowest BCUT2D eigenvalue weighted by molar-refractivity contribution is 0.0517. The third kappa shape index (κ3) is 4.31. The van der Waals surface area contributed by atoms with Gasteiger partial charge in [0.25, 0.3) is 5.56 Å². The number of benzene rings is 3. The Morgan fingerprint density at radius 3 is 2.30 bits per heavy atom. The number of fused-ring (bicyclic) bond motifs is 1. The molecule has 1 unspecified atom stereocenters. The Balaban J connectivity index is 1.90. The molecule has 3 aromatic carbocycles. The van der Waals surface area contributed by atoms with E-state index in [1.807, 2.05) is 73.7 Å². The van der Waals surface area contributed by atoms with E-state index in [-0.39, 0.29) is 29.5 Å². The van der Waals surface area contributed by atoms with Crippen molar-refractivity contribution in [3.63, 3.8) is 0 Å². The smallest absolute Gasteiger partial charge is 0.355 e. The van der Waals surface area contributed by atoms with Gasteiger partial charge in [-0.2, -0.15) is 0 Å². The van der Waals surface area contributed by atoms with Gasteiger partial charge in [-0.3, -0.25) is 9.36 Å². The van der Waals surface area contributed by atoms with Crippen molar-refractivity contribution in [3.05, 3.63) is 129 Å². The van der Waals surface area contributed by atoms with Crippen LogP contribution in [0.4, 0.5) is 0 Å². The normalized spacial score (nSPS) is 12.0. The van der Waals surface area contributed by atoms with E-state index in [2.05, 4.69) is 0 Å². The Morgan fingerprint density at radius 1 is 0.946 bits per heavy atom. The van der Waals surface area contributed by atoms with Crippen LogP contribution in [0.2, 0.25) is 0 Å². The monoisotopic (exact) mass is 492 g/mol. The molecule has 0 saturated carbocycles. The highest BCUT2D eigenvalue weighted by Crippen LogP contribution is 2.40. The fourth-order valence-electron chi connectivity index (χ4n) is 4.90. The van der Waals surface area contributed by atoms with E-state index in [1.165, 1.54) is 4.57 Å². The van der Waals surface area contributed by atoms with E-state index < -0.39 is 5.97 Å². The minimum atomic E-state index is -0.508. The Kier molecular flexibility index (Phi) is 6.40. The first-order chi connectivity index (χ1) is 17.9. The second kappa shape index (κ2) is 9.82. The summed E-state index contributed by atoms with van der Waals surface area (Å²) in [6, 6.07) is 26.4. The van der Waals surface area contributed by atoms with Gasteiger partial charge in [0.05, 0.1) is 6.61 Å². The van der Waals surface area contributed by atoms with Gasteiger partial charge in [0.1, 0.15) is 17.0 Å². The highest BCUT2D eigenvalue weighted by Gasteiger charge is 2.28. The third-order valence-electron chi connectivity index (χ3n) is 6.64. The number of rotatable bonds is 6. The first-order valence-electron chi connectivity index (χ1n) is 12.2. The molecule has 0 saturated heterocycles. The second-order valence-corrected chi connectivity index (χ2v) is 9.09. The highest BCUT2D eigenvalue weighted by atomic mass is 16.5. The van der Waals surface area contributed by atoms with Gasteiger partial charge in [-0.25, -0.2) is 4.79 Å². The number of phenolic OH excluding ortho intramolecular Hbond substituents is 1. The minimum absolute atomic E-state index is 0.155. The van der Waals surface area contributed by atoms with Crippen LogP contribution in [-0.2, 0) is 11.8 Å². The predicted octanol–water partition coefficient (Wildman–Crippen LogP) is 5.70. The molecule has 5 rings (SSSR count). The van der Waals surface area contributed by atoms with Crippen LogP contribution in [0.15, 0.2) is 95.9 Å². The van der Waals surface area contributed by atoms with Crippen LogP contribution >= 0.6 is 0 Å². The predicted molar refractivity (Wildman–Crippen MR) is 145 cm³/mol. The van der Waals surface area contributed by atoms with Gasteiger partial charge in [-0.1, -0.05) is 66.2 Å². The average molecular weight is 493 g/mol. The maximum absolute atomic E-state index is 13.6. The lowest BCUT2D eigenvalue weighted by Gasteiger charge is -2.21. The zero-order valence-corrected chi connectivity index (χ0v) is 21.0. The number of hydrogen-bond donors (Lipinski definition) is 1. The van der Waals surface area contributed by atoms with E-state index >= 15 is 0 Å². The summed E-state index contributed by atoms with van der Waals surface area (Å²) in [7, 11) is 1.70. The average Bonchev–Trinajstić information content (AvgIpc) is 3.31. The summed E-state index contributed by atoms with van der Waals surface area (Å²) in [6.07, 6.45) is 1.79. The highest BCUT2D eigenvalue weighted by molar-refractivity contribution is 5.98. The van der Waals surface area contributed by atoms with Crippen molar-refractivity contribution in [3.8, 4) is 11.4 Å². The molecule has 1 N–H and O–H groups in total. The molecule has 6 heteroatoms. The number of para-hydroxylation sites is 1. The summed E-state index contributed by atoms with van der Waals surface area (Å²) in [5.41, 5.74) is 4.61. The molecule has 186 valence electrons. The van der Waals surface area contributed by atoms with Crippen LogP contribution in [0.3, 0.4) is 0 Å². The van der Waals surface area contributed by atoms with Crippen LogP contribution in [0, 0.1) is 6.92 Å². The summed E-state index contributed by atoms with van der Waals surface area (Å²) < 4.78 is 8.61. The molecule has 0 aliphatic rings. The number of hydrogen-bond acceptors (Lipinski definition) is 4. The first kappa shape index (κ1) is 24.1. The summed E-state index contributed by atoms with van der Waals surface area (Å²) in [6.45, 7) is 3.95. The maximum atomic E-state index is 13.6. The topological polar surface area (TPSA) is 73.5 Å². The molecule has 6 nitrogen and oxygen atoms in total. The lowest BCUT2D eigenvalue weighted by Crippen LogP contribution is -2.22. The van der Waals surface area contributed by atoms with E-state index in [0.717, 1.165) is 16.7 Å². The quantitative estimate of drug-likeness (QED) is 0.309. The lowest BCUT2D eigenvalue weighted by atomic mass is 9.84. The standard InChI is InChI=1S/C31H28N2O4/c1-4-37-31(36)26-18-24-25(28(21-10-6-5-7-11-21)23-12-8-9-13-27(23)34)19-32(3)30(35)29(24)33(26)22-16-14-20(2)15-17-22/h5-19,28,34H,4H2,1-3H3. The molecule has 0 aliphatic carbocycles. The van der Waals surface area contributed by atoms with Gasteiger partial charge in [0.2, 0.25) is 0 Å². The number of esters is 1. The van der Waals surface area contributed by atoms with Crippen molar-refractivity contribution in [2.75, 3.05) is 6.61 Å². The molecule has 0 bridgehead atoms. The molecule has 0 spiro atoms. The fourth-order valence-corrected chi connectivity index (χ4v) is 4.90. The molecule has 0 aliphatic heterocycles. The molecule has 2 heterocycles. The Hall–Kier alpha value is -4.58. The van der Waals surface area contributed by atoms with Crippen LogP contribution in [0.1, 0.15) is 45.6 Å². The second-order valence-electron chi connectivity index (χ2n) is 9.09. The maximum Gasteiger partial charge on any atom is 0.355 e. The number of aromatic hydroxyl groups is 1. The van der Waals surface area contributed by atoms with Gasteiger partial charge >= 0.3 is 5.97 Å². The van der Waals surface area contributed by atoms with E-state index in [1.54, 1.807) is 42.9 Å². The van der Waals surface area contributed by atoms with Crippen molar-refractivity contribution >= 4 is 16.9 Å². The SMILES string of the molecule is CCOC(=O)c1cc2c(C(c3ccccc3)c3ccccc3O)cn(C)c(=O)c2n1-c1ccc(C)cc1. The summed E-state index contributed by atoms with van der Waals surface area (Å²) in [5, 5.41) is 11.5. The third-order valence-corrected chi connectivity index (χ3v) is 6.64.